The maximum absolute atomic E-state index is 13.5. The molecule has 26 heavy (non-hydrogen) atoms. The predicted octanol–water partition coefficient (Wildman–Crippen LogP) is 2.86. The molecule has 5 nitrogen and oxygen atoms in total. The normalized spacial score (nSPS) is 25.4. The number of anilines is 1. The van der Waals surface area contributed by atoms with Crippen LogP contribution in [-0.4, -0.2) is 41.0 Å². The molecule has 2 bridgehead atoms. The smallest absolute Gasteiger partial charge is 0.244 e. The summed E-state index contributed by atoms with van der Waals surface area (Å²) in [6.45, 7) is 2.25. The average molecular weight is 349 g/mol. The molecule has 1 saturated carbocycles. The molecule has 2 aromatic rings. The largest absolute Gasteiger partial charge is 0.487 e. The minimum Gasteiger partial charge on any atom is -0.487 e. The SMILES string of the molecule is O=C1C2CC(CN2Cc2ccccn2)Oc2ccccc2N1CC1CC1. The van der Waals surface area contributed by atoms with Crippen LogP contribution in [0.15, 0.2) is 48.7 Å². The van der Waals surface area contributed by atoms with Gasteiger partial charge in [-0.1, -0.05) is 18.2 Å². The molecule has 0 spiro atoms. The number of nitrogens with zero attached hydrogens (tertiary/aromatic N) is 3. The Morgan fingerprint density at radius 2 is 1.96 bits per heavy atom. The number of fused-ring (bicyclic) bond motifs is 3. The van der Waals surface area contributed by atoms with Crippen LogP contribution in [0.25, 0.3) is 0 Å². The fourth-order valence-electron chi connectivity index (χ4n) is 4.08. The van der Waals surface area contributed by atoms with Crippen molar-refractivity contribution in [2.75, 3.05) is 18.0 Å². The summed E-state index contributed by atoms with van der Waals surface area (Å²) in [7, 11) is 0. The van der Waals surface area contributed by atoms with E-state index in [1.54, 1.807) is 0 Å². The number of pyridine rings is 1. The average Bonchev–Trinajstić information content (AvgIpc) is 3.39. The molecule has 0 N–H and O–H groups in total. The first-order valence-corrected chi connectivity index (χ1v) is 9.49. The second-order valence-electron chi connectivity index (χ2n) is 7.60. The standard InChI is InChI=1S/C21H23N3O2/c25-21-19-11-17(14-23(19)13-16-5-3-4-10-22-16)26-20-7-2-1-6-18(20)24(21)12-15-8-9-15/h1-7,10,15,17,19H,8-9,11-14H2. The Bertz CT molecular complexity index is 806. The van der Waals surface area contributed by atoms with Crippen LogP contribution < -0.4 is 9.64 Å². The van der Waals surface area contributed by atoms with E-state index < -0.39 is 0 Å². The number of benzene rings is 1. The van der Waals surface area contributed by atoms with Crippen LogP contribution in [0, 0.1) is 5.92 Å². The molecule has 5 rings (SSSR count). The van der Waals surface area contributed by atoms with E-state index in [9.17, 15) is 4.79 Å². The van der Waals surface area contributed by atoms with Gasteiger partial charge in [-0.3, -0.25) is 14.7 Å². The van der Waals surface area contributed by atoms with Gasteiger partial charge in [0.25, 0.3) is 0 Å². The van der Waals surface area contributed by atoms with Crippen molar-refractivity contribution in [1.82, 2.24) is 9.88 Å². The minimum atomic E-state index is -0.130. The van der Waals surface area contributed by atoms with E-state index in [0.29, 0.717) is 12.5 Å². The zero-order chi connectivity index (χ0) is 17.5. The minimum absolute atomic E-state index is 0.0527. The van der Waals surface area contributed by atoms with Crippen molar-refractivity contribution < 1.29 is 9.53 Å². The second kappa shape index (κ2) is 6.40. The molecule has 2 unspecified atom stereocenters. The molecule has 2 fully saturated rings. The van der Waals surface area contributed by atoms with Gasteiger partial charge in [0.2, 0.25) is 5.91 Å². The molecule has 0 radical (unpaired) electrons. The van der Waals surface area contributed by atoms with Gasteiger partial charge in [0.1, 0.15) is 11.9 Å². The molecule has 1 amide bonds. The number of carbonyl (C=O) groups excluding carboxylic acids is 1. The highest BCUT2D eigenvalue weighted by Crippen LogP contribution is 2.39. The van der Waals surface area contributed by atoms with Crippen molar-refractivity contribution in [2.24, 2.45) is 5.92 Å². The second-order valence-corrected chi connectivity index (χ2v) is 7.60. The lowest BCUT2D eigenvalue weighted by atomic mass is 10.1. The van der Waals surface area contributed by atoms with Crippen molar-refractivity contribution in [3.8, 4) is 5.75 Å². The van der Waals surface area contributed by atoms with Gasteiger partial charge in [-0.2, -0.15) is 0 Å². The number of aromatic nitrogens is 1. The Morgan fingerprint density at radius 1 is 1.12 bits per heavy atom. The lowest BCUT2D eigenvalue weighted by molar-refractivity contribution is -0.123. The topological polar surface area (TPSA) is 45.7 Å². The zero-order valence-corrected chi connectivity index (χ0v) is 14.8. The van der Waals surface area contributed by atoms with Gasteiger partial charge in [-0.15, -0.1) is 0 Å². The third-order valence-corrected chi connectivity index (χ3v) is 5.59. The van der Waals surface area contributed by atoms with E-state index in [4.69, 9.17) is 4.74 Å². The van der Waals surface area contributed by atoms with E-state index in [2.05, 4.69) is 9.88 Å². The van der Waals surface area contributed by atoms with Crippen LogP contribution in [0.4, 0.5) is 5.69 Å². The molecule has 1 saturated heterocycles. The van der Waals surface area contributed by atoms with Crippen molar-refractivity contribution in [2.45, 2.75) is 38.0 Å². The molecule has 1 aromatic heterocycles. The lowest BCUT2D eigenvalue weighted by Gasteiger charge is -2.31. The van der Waals surface area contributed by atoms with Gasteiger partial charge in [0, 0.05) is 32.3 Å². The first-order chi connectivity index (χ1) is 12.8. The third-order valence-electron chi connectivity index (χ3n) is 5.59. The molecule has 134 valence electrons. The predicted molar refractivity (Wildman–Crippen MR) is 99.0 cm³/mol. The number of carbonyl (C=O) groups is 1. The van der Waals surface area contributed by atoms with Crippen LogP contribution in [0.5, 0.6) is 5.75 Å². The summed E-state index contributed by atoms with van der Waals surface area (Å²) in [6, 6.07) is 13.8. The molecule has 2 aliphatic heterocycles. The van der Waals surface area contributed by atoms with Crippen molar-refractivity contribution >= 4 is 11.6 Å². The molecular formula is C21H23N3O2. The summed E-state index contributed by atoms with van der Waals surface area (Å²) in [4.78, 5) is 22.1. The Hall–Kier alpha value is -2.40. The highest BCUT2D eigenvalue weighted by molar-refractivity contribution is 5.99. The molecule has 1 aromatic carbocycles. The number of rotatable bonds is 4. The Balaban J connectivity index is 1.47. The van der Waals surface area contributed by atoms with Gasteiger partial charge in [-0.05, 0) is 43.0 Å². The van der Waals surface area contributed by atoms with Crippen LogP contribution in [0.1, 0.15) is 25.0 Å². The third kappa shape index (κ3) is 2.97. The molecular weight excluding hydrogens is 326 g/mol. The van der Waals surface area contributed by atoms with Crippen LogP contribution in [0.2, 0.25) is 0 Å². The fraction of sp³-hybridized carbons (Fsp3) is 0.429. The summed E-state index contributed by atoms with van der Waals surface area (Å²) < 4.78 is 6.32. The summed E-state index contributed by atoms with van der Waals surface area (Å²) in [5.41, 5.74) is 1.93. The van der Waals surface area contributed by atoms with Crippen molar-refractivity contribution in [3.63, 3.8) is 0 Å². The molecule has 1 aliphatic carbocycles. The van der Waals surface area contributed by atoms with Gasteiger partial charge >= 0.3 is 0 Å². The Kier molecular flexibility index (Phi) is 3.89. The molecule has 3 aliphatic rings. The van der Waals surface area contributed by atoms with E-state index in [1.165, 1.54) is 12.8 Å². The van der Waals surface area contributed by atoms with Crippen LogP contribution in [-0.2, 0) is 11.3 Å². The van der Waals surface area contributed by atoms with E-state index >= 15 is 0 Å². The monoisotopic (exact) mass is 349 g/mol. The highest BCUT2D eigenvalue weighted by Gasteiger charge is 2.43. The van der Waals surface area contributed by atoms with Crippen LogP contribution >= 0.6 is 0 Å². The summed E-state index contributed by atoms with van der Waals surface area (Å²) >= 11 is 0. The van der Waals surface area contributed by atoms with Gasteiger partial charge in [0.15, 0.2) is 0 Å². The zero-order valence-electron chi connectivity index (χ0n) is 14.8. The lowest BCUT2D eigenvalue weighted by Crippen LogP contribution is -2.46. The van der Waals surface area contributed by atoms with Gasteiger partial charge < -0.3 is 9.64 Å². The Labute approximate surface area is 153 Å². The maximum Gasteiger partial charge on any atom is 0.244 e. The number of hydrogen-bond acceptors (Lipinski definition) is 4. The van der Waals surface area contributed by atoms with Gasteiger partial charge in [0.05, 0.1) is 17.4 Å². The summed E-state index contributed by atoms with van der Waals surface area (Å²) in [5.74, 6) is 1.68. The highest BCUT2D eigenvalue weighted by atomic mass is 16.5. The summed E-state index contributed by atoms with van der Waals surface area (Å²) in [6.07, 6.45) is 5.05. The quantitative estimate of drug-likeness (QED) is 0.851. The van der Waals surface area contributed by atoms with E-state index in [-0.39, 0.29) is 18.1 Å². The number of para-hydroxylation sites is 2. The van der Waals surface area contributed by atoms with Crippen molar-refractivity contribution in [1.29, 1.82) is 0 Å². The molecule has 5 heteroatoms. The Morgan fingerprint density at radius 3 is 2.77 bits per heavy atom. The number of likely N-dealkylation sites (tertiary alicyclic amines) is 1. The summed E-state index contributed by atoms with van der Waals surface area (Å²) in [5, 5.41) is 0. The van der Waals surface area contributed by atoms with Gasteiger partial charge in [-0.25, -0.2) is 0 Å². The van der Waals surface area contributed by atoms with Crippen LogP contribution in [0.3, 0.4) is 0 Å². The molecule has 2 atom stereocenters. The number of amides is 1. The fourth-order valence-corrected chi connectivity index (χ4v) is 4.08. The van der Waals surface area contributed by atoms with E-state index in [1.807, 2.05) is 53.6 Å². The first kappa shape index (κ1) is 15.8. The van der Waals surface area contributed by atoms with E-state index in [0.717, 1.165) is 36.6 Å². The number of ether oxygens (including phenoxy) is 1. The first-order valence-electron chi connectivity index (χ1n) is 9.49. The number of hydrogen-bond donors (Lipinski definition) is 0. The van der Waals surface area contributed by atoms with Crippen molar-refractivity contribution in [3.05, 3.63) is 54.4 Å². The molecule has 3 heterocycles. The maximum atomic E-state index is 13.5.